The lowest BCUT2D eigenvalue weighted by atomic mass is 9.88. The number of nitrogens with two attached hydrogens (primary N) is 1. The average molecular weight is 328 g/mol. The second-order valence-corrected chi connectivity index (χ2v) is 7.22. The molecule has 3 aromatic rings. The highest BCUT2D eigenvalue weighted by Gasteiger charge is 2.23. The minimum Gasteiger partial charge on any atom is -0.324 e. The molecule has 0 fully saturated rings. The van der Waals surface area contributed by atoms with Crippen molar-refractivity contribution < 1.29 is 0 Å². The van der Waals surface area contributed by atoms with Gasteiger partial charge in [0.25, 0.3) is 0 Å². The number of hydrogen-bond acceptors (Lipinski definition) is 2. The van der Waals surface area contributed by atoms with Crippen molar-refractivity contribution in [3.05, 3.63) is 76.5 Å². The largest absolute Gasteiger partial charge is 0.324 e. The summed E-state index contributed by atoms with van der Waals surface area (Å²) >= 11 is 0. The summed E-state index contributed by atoms with van der Waals surface area (Å²) in [5.41, 5.74) is 17.8. The second kappa shape index (κ2) is 6.12. The van der Waals surface area contributed by atoms with Gasteiger partial charge in [-0.25, -0.2) is 0 Å². The van der Waals surface area contributed by atoms with E-state index in [1.807, 2.05) is 12.3 Å². The van der Waals surface area contributed by atoms with E-state index in [9.17, 15) is 0 Å². The van der Waals surface area contributed by atoms with E-state index in [4.69, 9.17) is 5.73 Å². The van der Waals surface area contributed by atoms with Gasteiger partial charge in [0.15, 0.2) is 0 Å². The van der Waals surface area contributed by atoms with Crippen LogP contribution in [0.2, 0.25) is 0 Å². The van der Waals surface area contributed by atoms with E-state index in [0.29, 0.717) is 0 Å². The van der Waals surface area contributed by atoms with Crippen LogP contribution in [0.5, 0.6) is 0 Å². The molecule has 1 heterocycles. The molecule has 4 rings (SSSR count). The highest BCUT2D eigenvalue weighted by molar-refractivity contribution is 5.79. The molecule has 0 bridgehead atoms. The number of nitrogens with zero attached hydrogens (tertiary/aromatic N) is 1. The van der Waals surface area contributed by atoms with E-state index < -0.39 is 0 Å². The molecule has 1 aliphatic carbocycles. The van der Waals surface area contributed by atoms with Crippen LogP contribution in [0.15, 0.2) is 48.7 Å². The lowest BCUT2D eigenvalue weighted by Gasteiger charge is -2.16. The van der Waals surface area contributed by atoms with Crippen LogP contribution in [0, 0.1) is 20.8 Å². The molecular formula is C23H24N2. The molecule has 0 amide bonds. The van der Waals surface area contributed by atoms with Crippen molar-refractivity contribution in [1.29, 1.82) is 0 Å². The predicted octanol–water partition coefficient (Wildman–Crippen LogP) is 5.29. The van der Waals surface area contributed by atoms with E-state index in [2.05, 4.69) is 62.2 Å². The molecule has 0 saturated heterocycles. The number of pyridine rings is 1. The Bertz CT molecular complexity index is 933. The van der Waals surface area contributed by atoms with Gasteiger partial charge in [-0.1, -0.05) is 18.2 Å². The fourth-order valence-corrected chi connectivity index (χ4v) is 4.15. The summed E-state index contributed by atoms with van der Waals surface area (Å²) in [7, 11) is 0. The maximum atomic E-state index is 6.28. The van der Waals surface area contributed by atoms with Gasteiger partial charge >= 0.3 is 0 Å². The third-order valence-electron chi connectivity index (χ3n) is 5.33. The van der Waals surface area contributed by atoms with Gasteiger partial charge in [-0.2, -0.15) is 0 Å². The summed E-state index contributed by atoms with van der Waals surface area (Å²) in [6, 6.07) is 15.5. The number of aryl methyl sites for hydroxylation is 3. The molecule has 1 atom stereocenters. The van der Waals surface area contributed by atoms with E-state index in [1.165, 1.54) is 44.5 Å². The van der Waals surface area contributed by atoms with Crippen molar-refractivity contribution in [3.63, 3.8) is 0 Å². The van der Waals surface area contributed by atoms with Gasteiger partial charge in [0, 0.05) is 17.8 Å². The Labute approximate surface area is 149 Å². The van der Waals surface area contributed by atoms with Crippen LogP contribution >= 0.6 is 0 Å². The van der Waals surface area contributed by atoms with Crippen LogP contribution in [0.1, 0.15) is 40.3 Å². The first kappa shape index (κ1) is 16.0. The SMILES string of the molecule is Cc1ccnc(-c2cc(C)c(-c3cccc4c3CC[C@H]4N)c(C)c2)c1. The standard InChI is InChI=1S/C23H24N2/c1-14-9-10-25-22(11-14)17-12-15(2)23(16(3)13-17)20-6-4-5-19-18(20)7-8-21(19)24/h4-6,9-13,21H,7-8,24H2,1-3H3/t21-/m1/s1. The van der Waals surface area contributed by atoms with Gasteiger partial charge in [-0.15, -0.1) is 0 Å². The van der Waals surface area contributed by atoms with Crippen LogP contribution in [0.3, 0.4) is 0 Å². The Morgan fingerprint density at radius 1 is 1.00 bits per heavy atom. The quantitative estimate of drug-likeness (QED) is 0.694. The van der Waals surface area contributed by atoms with Crippen molar-refractivity contribution in [2.75, 3.05) is 0 Å². The molecule has 1 aliphatic rings. The molecule has 0 unspecified atom stereocenters. The zero-order chi connectivity index (χ0) is 17.6. The summed E-state index contributed by atoms with van der Waals surface area (Å²) in [5.74, 6) is 0. The smallest absolute Gasteiger partial charge is 0.0704 e. The Morgan fingerprint density at radius 3 is 2.48 bits per heavy atom. The van der Waals surface area contributed by atoms with Crippen LogP contribution in [0.25, 0.3) is 22.4 Å². The van der Waals surface area contributed by atoms with Crippen molar-refractivity contribution in [2.45, 2.75) is 39.7 Å². The number of aromatic nitrogens is 1. The fraction of sp³-hybridized carbons (Fsp3) is 0.261. The van der Waals surface area contributed by atoms with E-state index in [1.54, 1.807) is 0 Å². The van der Waals surface area contributed by atoms with Crippen LogP contribution in [-0.2, 0) is 6.42 Å². The number of fused-ring (bicyclic) bond motifs is 1. The Kier molecular flexibility index (Phi) is 3.93. The van der Waals surface area contributed by atoms with Crippen LogP contribution in [0.4, 0.5) is 0 Å². The third kappa shape index (κ3) is 2.77. The van der Waals surface area contributed by atoms with E-state index in [-0.39, 0.29) is 6.04 Å². The first-order valence-electron chi connectivity index (χ1n) is 8.96. The van der Waals surface area contributed by atoms with Crippen LogP contribution in [-0.4, -0.2) is 4.98 Å². The van der Waals surface area contributed by atoms with Crippen molar-refractivity contribution in [1.82, 2.24) is 4.98 Å². The molecule has 0 aliphatic heterocycles. The molecule has 0 saturated carbocycles. The summed E-state index contributed by atoms with van der Waals surface area (Å²) < 4.78 is 0. The number of benzene rings is 2. The second-order valence-electron chi connectivity index (χ2n) is 7.22. The number of hydrogen-bond donors (Lipinski definition) is 1. The zero-order valence-corrected chi connectivity index (χ0v) is 15.1. The van der Waals surface area contributed by atoms with Gasteiger partial charge < -0.3 is 5.73 Å². The molecule has 2 heteroatoms. The molecule has 2 N–H and O–H groups in total. The Hall–Kier alpha value is -2.45. The van der Waals surface area contributed by atoms with Gasteiger partial charge in [0.05, 0.1) is 5.69 Å². The minimum absolute atomic E-state index is 0.186. The van der Waals surface area contributed by atoms with Crippen molar-refractivity contribution in [2.24, 2.45) is 5.73 Å². The number of rotatable bonds is 2. The van der Waals surface area contributed by atoms with E-state index >= 15 is 0 Å². The first-order valence-corrected chi connectivity index (χ1v) is 8.96. The normalized spacial score (nSPS) is 16.1. The maximum absolute atomic E-state index is 6.28. The van der Waals surface area contributed by atoms with Crippen molar-refractivity contribution in [3.8, 4) is 22.4 Å². The van der Waals surface area contributed by atoms with Crippen molar-refractivity contribution >= 4 is 0 Å². The minimum atomic E-state index is 0.186. The summed E-state index contributed by atoms with van der Waals surface area (Å²) in [6.07, 6.45) is 4.01. The summed E-state index contributed by atoms with van der Waals surface area (Å²) in [5, 5.41) is 0. The monoisotopic (exact) mass is 328 g/mol. The highest BCUT2D eigenvalue weighted by atomic mass is 14.7. The molecule has 0 radical (unpaired) electrons. The van der Waals surface area contributed by atoms with Gasteiger partial charge in [-0.3, -0.25) is 4.98 Å². The lowest BCUT2D eigenvalue weighted by Crippen LogP contribution is -2.05. The molecule has 2 aromatic carbocycles. The van der Waals surface area contributed by atoms with Gasteiger partial charge in [-0.05, 0) is 96.8 Å². The summed E-state index contributed by atoms with van der Waals surface area (Å²) in [4.78, 5) is 4.55. The van der Waals surface area contributed by atoms with Gasteiger partial charge in [0.1, 0.15) is 0 Å². The molecule has 25 heavy (non-hydrogen) atoms. The lowest BCUT2D eigenvalue weighted by molar-refractivity contribution is 0.713. The molecule has 2 nitrogen and oxygen atoms in total. The molecule has 126 valence electrons. The topological polar surface area (TPSA) is 38.9 Å². The fourth-order valence-electron chi connectivity index (χ4n) is 4.15. The first-order chi connectivity index (χ1) is 12.0. The Balaban J connectivity index is 1.86. The summed E-state index contributed by atoms with van der Waals surface area (Å²) in [6.45, 7) is 6.52. The highest BCUT2D eigenvalue weighted by Crippen LogP contribution is 2.40. The molecular weight excluding hydrogens is 304 g/mol. The average Bonchev–Trinajstić information content (AvgIpc) is 2.96. The third-order valence-corrected chi connectivity index (χ3v) is 5.33. The zero-order valence-electron chi connectivity index (χ0n) is 15.1. The maximum Gasteiger partial charge on any atom is 0.0704 e. The van der Waals surface area contributed by atoms with E-state index in [0.717, 1.165) is 18.5 Å². The predicted molar refractivity (Wildman–Crippen MR) is 105 cm³/mol. The Morgan fingerprint density at radius 2 is 1.76 bits per heavy atom. The molecule has 0 spiro atoms. The molecule has 1 aromatic heterocycles. The van der Waals surface area contributed by atoms with Crippen LogP contribution < -0.4 is 5.73 Å². The van der Waals surface area contributed by atoms with Gasteiger partial charge in [0.2, 0.25) is 0 Å².